The molecule has 0 aliphatic heterocycles. The molecule has 0 aromatic heterocycles. The van der Waals surface area contributed by atoms with Crippen LogP contribution in [-0.4, -0.2) is 25.2 Å². The maximum atomic E-state index is 11.6. The Kier molecular flexibility index (Phi) is 19.0. The van der Waals surface area contributed by atoms with E-state index in [2.05, 4.69) is 13.8 Å². The van der Waals surface area contributed by atoms with Crippen molar-refractivity contribution in [3.8, 4) is 0 Å². The standard InChI is InChI=1S/C22H40O4/c1-3-5-7-9-11-15-19-25-21(23)17-13-14-18-22(24)26-20-16-12-10-8-6-4-2/h13-14H,3-12,15-20H2,1-2H3/b14-13-. The van der Waals surface area contributed by atoms with E-state index in [9.17, 15) is 9.59 Å². The Morgan fingerprint density at radius 2 is 0.923 bits per heavy atom. The summed E-state index contributed by atoms with van der Waals surface area (Å²) in [7, 11) is 0. The van der Waals surface area contributed by atoms with Crippen LogP contribution in [0.15, 0.2) is 12.2 Å². The fourth-order valence-corrected chi connectivity index (χ4v) is 2.61. The van der Waals surface area contributed by atoms with Crippen molar-refractivity contribution in [2.75, 3.05) is 13.2 Å². The lowest BCUT2D eigenvalue weighted by molar-refractivity contribution is -0.144. The van der Waals surface area contributed by atoms with E-state index >= 15 is 0 Å². The molecule has 0 rings (SSSR count). The molecule has 0 bridgehead atoms. The van der Waals surface area contributed by atoms with Gasteiger partial charge in [-0.05, 0) is 12.8 Å². The molecule has 4 heteroatoms. The van der Waals surface area contributed by atoms with Crippen LogP contribution in [0.5, 0.6) is 0 Å². The van der Waals surface area contributed by atoms with Gasteiger partial charge in [-0.15, -0.1) is 0 Å². The van der Waals surface area contributed by atoms with E-state index in [1.807, 2.05) is 0 Å². The first kappa shape index (κ1) is 24.7. The number of esters is 2. The Morgan fingerprint density at radius 3 is 1.31 bits per heavy atom. The molecule has 0 spiro atoms. The first-order valence-corrected chi connectivity index (χ1v) is 10.7. The van der Waals surface area contributed by atoms with Gasteiger partial charge in [0.25, 0.3) is 0 Å². The predicted octanol–water partition coefficient (Wildman–Crippen LogP) is 6.13. The molecule has 0 saturated carbocycles. The molecule has 152 valence electrons. The summed E-state index contributed by atoms with van der Waals surface area (Å²) >= 11 is 0. The van der Waals surface area contributed by atoms with Crippen LogP contribution in [0.1, 0.15) is 104 Å². The summed E-state index contributed by atoms with van der Waals surface area (Å²) in [5.74, 6) is -0.453. The largest absolute Gasteiger partial charge is 0.465 e. The fourth-order valence-electron chi connectivity index (χ4n) is 2.61. The van der Waals surface area contributed by atoms with Crippen LogP contribution >= 0.6 is 0 Å². The van der Waals surface area contributed by atoms with Crippen molar-refractivity contribution in [2.24, 2.45) is 0 Å². The number of carbonyl (C=O) groups is 2. The van der Waals surface area contributed by atoms with Crippen molar-refractivity contribution < 1.29 is 19.1 Å². The second-order valence-electron chi connectivity index (χ2n) is 6.86. The van der Waals surface area contributed by atoms with E-state index in [-0.39, 0.29) is 24.8 Å². The molecule has 0 atom stereocenters. The smallest absolute Gasteiger partial charge is 0.309 e. The molecule has 0 N–H and O–H groups in total. The lowest BCUT2D eigenvalue weighted by Gasteiger charge is -2.04. The fraction of sp³-hybridized carbons (Fsp3) is 0.818. The Hall–Kier alpha value is -1.32. The molecule has 0 aliphatic carbocycles. The molecule has 0 saturated heterocycles. The minimum atomic E-state index is -0.227. The van der Waals surface area contributed by atoms with Crippen LogP contribution in [0.3, 0.4) is 0 Å². The number of rotatable bonds is 18. The Balaban J connectivity index is 3.43. The van der Waals surface area contributed by atoms with Gasteiger partial charge in [-0.25, -0.2) is 0 Å². The van der Waals surface area contributed by atoms with Gasteiger partial charge in [0, 0.05) is 0 Å². The van der Waals surface area contributed by atoms with E-state index in [1.54, 1.807) is 12.2 Å². The van der Waals surface area contributed by atoms with Gasteiger partial charge < -0.3 is 9.47 Å². The normalized spacial score (nSPS) is 11.0. The van der Waals surface area contributed by atoms with Crippen molar-refractivity contribution in [1.29, 1.82) is 0 Å². The van der Waals surface area contributed by atoms with Crippen LogP contribution in [0.4, 0.5) is 0 Å². The topological polar surface area (TPSA) is 52.6 Å². The molecule has 26 heavy (non-hydrogen) atoms. The lowest BCUT2D eigenvalue weighted by atomic mass is 10.1. The SMILES string of the molecule is CCCCCCCCOC(=O)C/C=C\CC(=O)OCCCCCCCC. The van der Waals surface area contributed by atoms with E-state index in [0.29, 0.717) is 13.2 Å². The summed E-state index contributed by atoms with van der Waals surface area (Å²) in [6.45, 7) is 5.40. The van der Waals surface area contributed by atoms with Crippen molar-refractivity contribution in [1.82, 2.24) is 0 Å². The van der Waals surface area contributed by atoms with Gasteiger partial charge in [0.2, 0.25) is 0 Å². The van der Waals surface area contributed by atoms with Crippen molar-refractivity contribution in [3.05, 3.63) is 12.2 Å². The van der Waals surface area contributed by atoms with Crippen LogP contribution < -0.4 is 0 Å². The third-order valence-electron chi connectivity index (χ3n) is 4.26. The zero-order valence-electron chi connectivity index (χ0n) is 17.1. The number of ether oxygens (including phenoxy) is 2. The molecule has 0 aliphatic rings. The Bertz CT molecular complexity index is 329. The number of hydrogen-bond donors (Lipinski definition) is 0. The summed E-state index contributed by atoms with van der Waals surface area (Å²) in [6, 6.07) is 0. The third-order valence-corrected chi connectivity index (χ3v) is 4.26. The van der Waals surface area contributed by atoms with Gasteiger partial charge in [-0.3, -0.25) is 9.59 Å². The maximum absolute atomic E-state index is 11.6. The van der Waals surface area contributed by atoms with Gasteiger partial charge in [0.1, 0.15) is 0 Å². The van der Waals surface area contributed by atoms with Crippen LogP contribution in [0.25, 0.3) is 0 Å². The monoisotopic (exact) mass is 368 g/mol. The molecule has 0 unspecified atom stereocenters. The van der Waals surface area contributed by atoms with Crippen molar-refractivity contribution in [2.45, 2.75) is 104 Å². The summed E-state index contributed by atoms with van der Waals surface area (Å²) in [6.07, 6.45) is 17.9. The Morgan fingerprint density at radius 1 is 0.577 bits per heavy atom. The minimum absolute atomic E-state index is 0.223. The highest BCUT2D eigenvalue weighted by Gasteiger charge is 2.02. The molecule has 0 aromatic rings. The van der Waals surface area contributed by atoms with Crippen molar-refractivity contribution in [3.63, 3.8) is 0 Å². The summed E-state index contributed by atoms with van der Waals surface area (Å²) in [5, 5.41) is 0. The van der Waals surface area contributed by atoms with E-state index in [4.69, 9.17) is 9.47 Å². The first-order valence-electron chi connectivity index (χ1n) is 10.7. The highest BCUT2D eigenvalue weighted by Crippen LogP contribution is 2.06. The maximum Gasteiger partial charge on any atom is 0.309 e. The van der Waals surface area contributed by atoms with Crippen LogP contribution in [-0.2, 0) is 19.1 Å². The molecule has 0 fully saturated rings. The Labute approximate surface area is 160 Å². The summed E-state index contributed by atoms with van der Waals surface area (Å²) in [4.78, 5) is 23.1. The molecule has 4 nitrogen and oxygen atoms in total. The van der Waals surface area contributed by atoms with Gasteiger partial charge in [0.05, 0.1) is 26.1 Å². The number of hydrogen-bond acceptors (Lipinski definition) is 4. The van der Waals surface area contributed by atoms with Crippen LogP contribution in [0.2, 0.25) is 0 Å². The molecular weight excluding hydrogens is 328 g/mol. The van der Waals surface area contributed by atoms with E-state index in [1.165, 1.54) is 51.4 Å². The predicted molar refractivity (Wildman–Crippen MR) is 107 cm³/mol. The average Bonchev–Trinajstić information content (AvgIpc) is 2.64. The second kappa shape index (κ2) is 20.0. The molecule has 0 heterocycles. The number of unbranched alkanes of at least 4 members (excludes halogenated alkanes) is 10. The highest BCUT2D eigenvalue weighted by molar-refractivity contribution is 5.73. The zero-order valence-corrected chi connectivity index (χ0v) is 17.1. The molecule has 0 amide bonds. The quantitative estimate of drug-likeness (QED) is 0.166. The highest BCUT2D eigenvalue weighted by atomic mass is 16.5. The van der Waals surface area contributed by atoms with Crippen molar-refractivity contribution >= 4 is 11.9 Å². The second-order valence-corrected chi connectivity index (χ2v) is 6.86. The van der Waals surface area contributed by atoms with Gasteiger partial charge in [-0.2, -0.15) is 0 Å². The molecule has 0 radical (unpaired) electrons. The van der Waals surface area contributed by atoms with Gasteiger partial charge >= 0.3 is 11.9 Å². The van der Waals surface area contributed by atoms with E-state index < -0.39 is 0 Å². The summed E-state index contributed by atoms with van der Waals surface area (Å²) < 4.78 is 10.3. The lowest BCUT2D eigenvalue weighted by Crippen LogP contribution is -2.05. The molecular formula is C22H40O4. The first-order chi connectivity index (χ1) is 12.7. The summed E-state index contributed by atoms with van der Waals surface area (Å²) in [5.41, 5.74) is 0. The zero-order chi connectivity index (χ0) is 19.3. The van der Waals surface area contributed by atoms with Gasteiger partial charge in [0.15, 0.2) is 0 Å². The minimum Gasteiger partial charge on any atom is -0.465 e. The molecule has 0 aromatic carbocycles. The average molecular weight is 369 g/mol. The van der Waals surface area contributed by atoms with E-state index in [0.717, 1.165) is 25.7 Å². The number of carbonyl (C=O) groups excluding carboxylic acids is 2. The third kappa shape index (κ3) is 19.0. The van der Waals surface area contributed by atoms with Crippen LogP contribution in [0, 0.1) is 0 Å². The van der Waals surface area contributed by atoms with Gasteiger partial charge in [-0.1, -0.05) is 90.2 Å².